The molecule has 0 saturated carbocycles. The molecule has 3 heterocycles. The van der Waals surface area contributed by atoms with Gasteiger partial charge < -0.3 is 9.52 Å². The molecular formula is C22H26N2O2S. The molecule has 27 heavy (non-hydrogen) atoms. The Bertz CT molecular complexity index is 872. The van der Waals surface area contributed by atoms with Crippen LogP contribution in [0.3, 0.4) is 0 Å². The molecule has 0 bridgehead atoms. The van der Waals surface area contributed by atoms with Crippen molar-refractivity contribution in [2.45, 2.75) is 51.6 Å². The predicted molar refractivity (Wildman–Crippen MR) is 109 cm³/mol. The fourth-order valence-corrected chi connectivity index (χ4v) is 4.55. The number of rotatable bonds is 6. The Morgan fingerprint density at radius 1 is 1.30 bits per heavy atom. The van der Waals surface area contributed by atoms with E-state index < -0.39 is 0 Å². The number of hydrogen-bond donors (Lipinski definition) is 1. The third-order valence-corrected chi connectivity index (χ3v) is 6.12. The lowest BCUT2D eigenvalue weighted by Gasteiger charge is -2.35. The first-order chi connectivity index (χ1) is 13.2. The Morgan fingerprint density at radius 3 is 3.04 bits per heavy atom. The lowest BCUT2D eigenvalue weighted by molar-refractivity contribution is 0.130. The van der Waals surface area contributed by atoms with Gasteiger partial charge in [0, 0.05) is 23.5 Å². The summed E-state index contributed by atoms with van der Waals surface area (Å²) in [4.78, 5) is 7.34. The van der Waals surface area contributed by atoms with Crippen LogP contribution in [0, 0.1) is 6.92 Å². The third-order valence-electron chi connectivity index (χ3n) is 5.44. The molecule has 1 saturated heterocycles. The van der Waals surface area contributed by atoms with Crippen LogP contribution in [0.25, 0.3) is 11.5 Å². The highest BCUT2D eigenvalue weighted by Crippen LogP contribution is 2.28. The van der Waals surface area contributed by atoms with Gasteiger partial charge in [0.2, 0.25) is 5.89 Å². The van der Waals surface area contributed by atoms with Crippen LogP contribution in [-0.2, 0) is 13.0 Å². The highest BCUT2D eigenvalue weighted by atomic mass is 32.1. The summed E-state index contributed by atoms with van der Waals surface area (Å²) in [5, 5.41) is 13.8. The highest BCUT2D eigenvalue weighted by molar-refractivity contribution is 7.08. The molecule has 1 aliphatic rings. The van der Waals surface area contributed by atoms with Gasteiger partial charge in [-0.15, -0.1) is 0 Å². The quantitative estimate of drug-likeness (QED) is 0.620. The van der Waals surface area contributed by atoms with Crippen LogP contribution in [0.2, 0.25) is 0 Å². The molecule has 4 rings (SSSR count). The molecule has 0 radical (unpaired) electrons. The Labute approximate surface area is 164 Å². The maximum atomic E-state index is 9.68. The molecule has 2 aromatic heterocycles. The third kappa shape index (κ3) is 4.42. The van der Waals surface area contributed by atoms with Crippen LogP contribution in [0.5, 0.6) is 5.75 Å². The van der Waals surface area contributed by atoms with E-state index in [-0.39, 0.29) is 0 Å². The Morgan fingerprint density at radius 2 is 2.22 bits per heavy atom. The van der Waals surface area contributed by atoms with Gasteiger partial charge in [-0.1, -0.05) is 18.6 Å². The Balaban J connectivity index is 1.43. The number of piperidine rings is 1. The van der Waals surface area contributed by atoms with Crippen molar-refractivity contribution in [2.75, 3.05) is 6.54 Å². The maximum absolute atomic E-state index is 9.68. The lowest BCUT2D eigenvalue weighted by Crippen LogP contribution is -2.39. The largest absolute Gasteiger partial charge is 0.508 e. The lowest BCUT2D eigenvalue weighted by atomic mass is 9.95. The summed E-state index contributed by atoms with van der Waals surface area (Å²) in [5.74, 6) is 2.01. The molecule has 3 aromatic rings. The number of nitrogens with zero attached hydrogens (tertiary/aromatic N) is 2. The normalized spacial score (nSPS) is 18.0. The average molecular weight is 383 g/mol. The van der Waals surface area contributed by atoms with E-state index in [9.17, 15) is 5.11 Å². The van der Waals surface area contributed by atoms with E-state index in [1.165, 1.54) is 24.8 Å². The van der Waals surface area contributed by atoms with Crippen molar-refractivity contribution < 1.29 is 9.52 Å². The Hall–Kier alpha value is -2.11. The second kappa shape index (κ2) is 8.28. The molecule has 0 spiro atoms. The van der Waals surface area contributed by atoms with Gasteiger partial charge in [-0.2, -0.15) is 11.3 Å². The summed E-state index contributed by atoms with van der Waals surface area (Å²) in [6.07, 6.45) is 5.87. The summed E-state index contributed by atoms with van der Waals surface area (Å²) < 4.78 is 5.92. The minimum absolute atomic E-state index is 0.354. The first kappa shape index (κ1) is 18.3. The second-order valence-corrected chi connectivity index (χ2v) is 8.14. The van der Waals surface area contributed by atoms with Crippen molar-refractivity contribution in [3.05, 3.63) is 58.1 Å². The molecular weight excluding hydrogens is 356 g/mol. The zero-order valence-corrected chi connectivity index (χ0v) is 16.5. The van der Waals surface area contributed by atoms with Crippen LogP contribution in [0.4, 0.5) is 0 Å². The van der Waals surface area contributed by atoms with E-state index in [1.54, 1.807) is 17.4 Å². The molecule has 4 nitrogen and oxygen atoms in total. The van der Waals surface area contributed by atoms with Crippen LogP contribution in [0.15, 0.2) is 45.5 Å². The number of aryl methyl sites for hydroxylation is 2. The summed E-state index contributed by atoms with van der Waals surface area (Å²) >= 11 is 1.66. The van der Waals surface area contributed by atoms with E-state index in [1.807, 2.05) is 19.1 Å². The van der Waals surface area contributed by atoms with Gasteiger partial charge in [0.05, 0.1) is 5.69 Å². The van der Waals surface area contributed by atoms with Gasteiger partial charge in [-0.25, -0.2) is 4.98 Å². The second-order valence-electron chi connectivity index (χ2n) is 7.36. The molecule has 0 amide bonds. The van der Waals surface area contributed by atoms with Crippen molar-refractivity contribution in [1.82, 2.24) is 9.88 Å². The molecule has 0 aliphatic carbocycles. The summed E-state index contributed by atoms with van der Waals surface area (Å²) in [5.41, 5.74) is 3.33. The molecule has 1 fully saturated rings. The standard InChI is InChI=1S/C22H26N2O2S/c1-16-21(23-22(26-16)18-10-12-27-15-18)14-24-11-3-2-6-19(24)9-8-17-5-4-7-20(25)13-17/h4-5,7,10,12-13,15,19,25H,2-3,6,8-9,11,14H2,1H3. The van der Waals surface area contributed by atoms with E-state index in [0.29, 0.717) is 11.8 Å². The number of benzene rings is 1. The monoisotopic (exact) mass is 382 g/mol. The molecule has 5 heteroatoms. The molecule has 1 aliphatic heterocycles. The number of thiophene rings is 1. The molecule has 1 unspecified atom stereocenters. The fourth-order valence-electron chi connectivity index (χ4n) is 3.92. The van der Waals surface area contributed by atoms with Crippen molar-refractivity contribution in [3.8, 4) is 17.2 Å². The number of phenolic OH excluding ortho intramolecular Hbond substituents is 1. The van der Waals surface area contributed by atoms with Crippen LogP contribution < -0.4 is 0 Å². The van der Waals surface area contributed by atoms with E-state index in [4.69, 9.17) is 9.40 Å². The van der Waals surface area contributed by atoms with Crippen molar-refractivity contribution in [1.29, 1.82) is 0 Å². The average Bonchev–Trinajstić information content (AvgIpc) is 3.31. The number of likely N-dealkylation sites (tertiary alicyclic amines) is 1. The van der Waals surface area contributed by atoms with Crippen molar-refractivity contribution in [2.24, 2.45) is 0 Å². The van der Waals surface area contributed by atoms with Crippen LogP contribution >= 0.6 is 11.3 Å². The number of oxazole rings is 1. The fraction of sp³-hybridized carbons (Fsp3) is 0.409. The number of aromatic hydroxyl groups is 1. The minimum atomic E-state index is 0.354. The zero-order valence-electron chi connectivity index (χ0n) is 15.7. The van der Waals surface area contributed by atoms with Gasteiger partial charge in [-0.05, 0) is 68.3 Å². The first-order valence-corrected chi connectivity index (χ1v) is 10.6. The van der Waals surface area contributed by atoms with Gasteiger partial charge in [0.25, 0.3) is 0 Å². The molecule has 142 valence electrons. The van der Waals surface area contributed by atoms with E-state index >= 15 is 0 Å². The van der Waals surface area contributed by atoms with Crippen LogP contribution in [-0.4, -0.2) is 27.6 Å². The highest BCUT2D eigenvalue weighted by Gasteiger charge is 2.24. The SMILES string of the molecule is Cc1oc(-c2ccsc2)nc1CN1CCCCC1CCc1cccc(O)c1. The number of aromatic nitrogens is 1. The van der Waals surface area contributed by atoms with Crippen LogP contribution in [0.1, 0.15) is 42.7 Å². The van der Waals surface area contributed by atoms with Gasteiger partial charge >= 0.3 is 0 Å². The minimum Gasteiger partial charge on any atom is -0.508 e. The topological polar surface area (TPSA) is 49.5 Å². The summed E-state index contributed by atoms with van der Waals surface area (Å²) in [7, 11) is 0. The molecule has 1 atom stereocenters. The van der Waals surface area contributed by atoms with Gasteiger partial charge in [0.15, 0.2) is 0 Å². The summed E-state index contributed by atoms with van der Waals surface area (Å²) in [6, 6.07) is 10.2. The predicted octanol–water partition coefficient (Wildman–Crippen LogP) is 5.40. The van der Waals surface area contributed by atoms with E-state index in [2.05, 4.69) is 27.8 Å². The number of phenols is 1. The molecule has 1 N–H and O–H groups in total. The van der Waals surface area contributed by atoms with E-state index in [0.717, 1.165) is 48.8 Å². The van der Waals surface area contributed by atoms with Crippen molar-refractivity contribution >= 4 is 11.3 Å². The maximum Gasteiger partial charge on any atom is 0.227 e. The zero-order chi connectivity index (χ0) is 18.6. The number of hydrogen-bond acceptors (Lipinski definition) is 5. The Kier molecular flexibility index (Phi) is 5.60. The first-order valence-electron chi connectivity index (χ1n) is 9.70. The smallest absolute Gasteiger partial charge is 0.227 e. The summed E-state index contributed by atoms with van der Waals surface area (Å²) in [6.45, 7) is 3.98. The molecule has 1 aromatic carbocycles. The van der Waals surface area contributed by atoms with Crippen molar-refractivity contribution in [3.63, 3.8) is 0 Å². The van der Waals surface area contributed by atoms with Gasteiger partial charge in [0.1, 0.15) is 11.5 Å². The van der Waals surface area contributed by atoms with Gasteiger partial charge in [-0.3, -0.25) is 4.90 Å².